The number of aryl methyl sites for hydroxylation is 1. The Kier molecular flexibility index (Phi) is 2.78. The lowest BCUT2D eigenvalue weighted by atomic mass is 10.0. The van der Waals surface area contributed by atoms with Gasteiger partial charge >= 0.3 is 5.97 Å². The number of rotatable bonds is 2. The van der Waals surface area contributed by atoms with Gasteiger partial charge in [0.15, 0.2) is 0 Å². The van der Waals surface area contributed by atoms with Crippen LogP contribution in [0.5, 0.6) is 0 Å². The Bertz CT molecular complexity index is 668. The molecule has 0 fully saturated rings. The van der Waals surface area contributed by atoms with Gasteiger partial charge in [-0.1, -0.05) is 18.2 Å². The second kappa shape index (κ2) is 4.25. The van der Waals surface area contributed by atoms with Crippen molar-refractivity contribution in [3.05, 3.63) is 51.8 Å². The molecule has 0 spiro atoms. The number of para-hydroxylation sites is 1. The first-order valence-electron chi connectivity index (χ1n) is 5.12. The van der Waals surface area contributed by atoms with E-state index in [1.165, 1.54) is 6.08 Å². The lowest BCUT2D eigenvalue weighted by Gasteiger charge is -2.04. The number of hydrogen-bond acceptors (Lipinski definition) is 2. The van der Waals surface area contributed by atoms with E-state index in [0.717, 1.165) is 22.5 Å². The zero-order valence-corrected chi connectivity index (χ0v) is 9.23. The van der Waals surface area contributed by atoms with Gasteiger partial charge in [-0.25, -0.2) is 4.79 Å². The molecule has 17 heavy (non-hydrogen) atoms. The number of nitrogens with one attached hydrogen (secondary N) is 1. The van der Waals surface area contributed by atoms with Crippen LogP contribution in [0.4, 0.5) is 0 Å². The molecule has 2 aromatic rings. The van der Waals surface area contributed by atoms with Gasteiger partial charge in [0, 0.05) is 22.5 Å². The Balaban J connectivity index is 2.72. The zero-order valence-electron chi connectivity index (χ0n) is 9.23. The molecule has 2 N–H and O–H groups in total. The lowest BCUT2D eigenvalue weighted by molar-refractivity contribution is -0.131. The molecule has 4 nitrogen and oxygen atoms in total. The van der Waals surface area contributed by atoms with Crippen molar-refractivity contribution >= 4 is 22.9 Å². The van der Waals surface area contributed by atoms with Gasteiger partial charge < -0.3 is 10.1 Å². The molecule has 4 heteroatoms. The van der Waals surface area contributed by atoms with Gasteiger partial charge in [-0.2, -0.15) is 0 Å². The van der Waals surface area contributed by atoms with Crippen molar-refractivity contribution in [1.82, 2.24) is 4.98 Å². The molecular weight excluding hydrogens is 218 g/mol. The van der Waals surface area contributed by atoms with Gasteiger partial charge in [-0.15, -0.1) is 0 Å². The summed E-state index contributed by atoms with van der Waals surface area (Å²) in [7, 11) is 0. The highest BCUT2D eigenvalue weighted by Gasteiger charge is 2.06. The Labute approximate surface area is 97.2 Å². The topological polar surface area (TPSA) is 70.2 Å². The SMILES string of the molecule is Cc1c(/C=C/C(=O)O)c(=O)[nH]c2ccccc12. The largest absolute Gasteiger partial charge is 0.478 e. The molecule has 1 aromatic heterocycles. The lowest BCUT2D eigenvalue weighted by Crippen LogP contribution is -2.11. The number of H-pyrrole nitrogens is 1. The molecule has 0 aliphatic rings. The number of carbonyl (C=O) groups is 1. The number of benzene rings is 1. The van der Waals surface area contributed by atoms with Crippen molar-refractivity contribution in [3.63, 3.8) is 0 Å². The van der Waals surface area contributed by atoms with Gasteiger partial charge in [-0.05, 0) is 24.6 Å². The van der Waals surface area contributed by atoms with Crippen molar-refractivity contribution in [1.29, 1.82) is 0 Å². The molecule has 0 unspecified atom stereocenters. The van der Waals surface area contributed by atoms with Crippen molar-refractivity contribution in [3.8, 4) is 0 Å². The van der Waals surface area contributed by atoms with Crippen LogP contribution in [-0.2, 0) is 4.79 Å². The molecular formula is C13H11NO3. The molecule has 0 saturated heterocycles. The third-order valence-corrected chi connectivity index (χ3v) is 2.62. The summed E-state index contributed by atoms with van der Waals surface area (Å²) in [5, 5.41) is 9.48. The maximum Gasteiger partial charge on any atom is 0.328 e. The van der Waals surface area contributed by atoms with Crippen LogP contribution in [0.1, 0.15) is 11.1 Å². The maximum absolute atomic E-state index is 11.8. The van der Waals surface area contributed by atoms with E-state index in [2.05, 4.69) is 4.98 Å². The number of aromatic amines is 1. The van der Waals surface area contributed by atoms with Crippen molar-refractivity contribution in [2.24, 2.45) is 0 Å². The fourth-order valence-electron chi connectivity index (χ4n) is 1.78. The highest BCUT2D eigenvalue weighted by atomic mass is 16.4. The first kappa shape index (κ1) is 11.1. The molecule has 0 atom stereocenters. The molecule has 0 aliphatic carbocycles. The minimum absolute atomic E-state index is 0.279. The number of pyridine rings is 1. The van der Waals surface area contributed by atoms with Gasteiger partial charge in [-0.3, -0.25) is 4.79 Å². The third-order valence-electron chi connectivity index (χ3n) is 2.62. The molecule has 1 aromatic carbocycles. The van der Waals surface area contributed by atoms with Crippen molar-refractivity contribution < 1.29 is 9.90 Å². The summed E-state index contributed by atoms with van der Waals surface area (Å²) in [6.45, 7) is 1.80. The van der Waals surface area contributed by atoms with Gasteiger partial charge in [0.2, 0.25) is 0 Å². The van der Waals surface area contributed by atoms with Crippen molar-refractivity contribution in [2.75, 3.05) is 0 Å². The Morgan fingerprint density at radius 2 is 2.06 bits per heavy atom. The summed E-state index contributed by atoms with van der Waals surface area (Å²) in [6, 6.07) is 7.41. The van der Waals surface area contributed by atoms with E-state index < -0.39 is 5.97 Å². The second-order valence-corrected chi connectivity index (χ2v) is 3.71. The van der Waals surface area contributed by atoms with Crippen molar-refractivity contribution in [2.45, 2.75) is 6.92 Å². The molecule has 2 rings (SSSR count). The average Bonchev–Trinajstić information content (AvgIpc) is 2.28. The average molecular weight is 229 g/mol. The molecule has 0 amide bonds. The normalized spacial score (nSPS) is 11.1. The van der Waals surface area contributed by atoms with Crippen LogP contribution in [0.25, 0.3) is 17.0 Å². The first-order valence-corrected chi connectivity index (χ1v) is 5.12. The summed E-state index contributed by atoms with van der Waals surface area (Å²) in [5.74, 6) is -1.07. The zero-order chi connectivity index (χ0) is 12.4. The van der Waals surface area contributed by atoms with Gasteiger partial charge in [0.05, 0.1) is 0 Å². The first-order chi connectivity index (χ1) is 8.09. The minimum Gasteiger partial charge on any atom is -0.478 e. The number of fused-ring (bicyclic) bond motifs is 1. The summed E-state index contributed by atoms with van der Waals surface area (Å²) in [5.41, 5.74) is 1.63. The molecule has 86 valence electrons. The number of carboxylic acid groups (broad SMARTS) is 1. The summed E-state index contributed by atoms with van der Waals surface area (Å²) in [4.78, 5) is 24.9. The standard InChI is InChI=1S/C13H11NO3/c1-8-9-4-2-3-5-11(9)14-13(17)10(8)6-7-12(15)16/h2-7H,1H3,(H,14,17)(H,15,16)/b7-6+. The van der Waals surface area contributed by atoms with Crippen LogP contribution >= 0.6 is 0 Å². The minimum atomic E-state index is -1.07. The van der Waals surface area contributed by atoms with Crippen LogP contribution < -0.4 is 5.56 Å². The van der Waals surface area contributed by atoms with E-state index in [1.807, 2.05) is 24.3 Å². The molecule has 0 aliphatic heterocycles. The Hall–Kier alpha value is -2.36. The van der Waals surface area contributed by atoms with E-state index in [0.29, 0.717) is 5.56 Å². The fraction of sp³-hybridized carbons (Fsp3) is 0.0769. The quantitative estimate of drug-likeness (QED) is 0.773. The second-order valence-electron chi connectivity index (χ2n) is 3.71. The highest BCUT2D eigenvalue weighted by molar-refractivity contribution is 5.89. The number of hydrogen-bond donors (Lipinski definition) is 2. The summed E-state index contributed by atoms with van der Waals surface area (Å²) < 4.78 is 0. The number of carboxylic acids is 1. The monoisotopic (exact) mass is 229 g/mol. The highest BCUT2D eigenvalue weighted by Crippen LogP contribution is 2.17. The number of aliphatic carboxylic acids is 1. The van der Waals surface area contributed by atoms with Crippen LogP contribution in [0, 0.1) is 6.92 Å². The molecule has 0 saturated carbocycles. The van der Waals surface area contributed by atoms with E-state index in [9.17, 15) is 9.59 Å². The van der Waals surface area contributed by atoms with E-state index >= 15 is 0 Å². The van der Waals surface area contributed by atoms with Crippen LogP contribution in [0.15, 0.2) is 35.1 Å². The Morgan fingerprint density at radius 3 is 2.76 bits per heavy atom. The van der Waals surface area contributed by atoms with Gasteiger partial charge in [0.1, 0.15) is 0 Å². The predicted molar refractivity (Wildman–Crippen MR) is 66.0 cm³/mol. The van der Waals surface area contributed by atoms with E-state index in [-0.39, 0.29) is 5.56 Å². The molecule has 0 bridgehead atoms. The van der Waals surface area contributed by atoms with Crippen LogP contribution in [-0.4, -0.2) is 16.1 Å². The smallest absolute Gasteiger partial charge is 0.328 e. The molecule has 0 radical (unpaired) electrons. The number of aromatic nitrogens is 1. The van der Waals surface area contributed by atoms with Crippen LogP contribution in [0.3, 0.4) is 0 Å². The summed E-state index contributed by atoms with van der Waals surface area (Å²) in [6.07, 6.45) is 2.29. The maximum atomic E-state index is 11.8. The Morgan fingerprint density at radius 1 is 1.35 bits per heavy atom. The van der Waals surface area contributed by atoms with E-state index in [4.69, 9.17) is 5.11 Å². The summed E-state index contributed by atoms with van der Waals surface area (Å²) >= 11 is 0. The third kappa shape index (κ3) is 2.10. The van der Waals surface area contributed by atoms with Crippen LogP contribution in [0.2, 0.25) is 0 Å². The van der Waals surface area contributed by atoms with E-state index in [1.54, 1.807) is 6.92 Å². The van der Waals surface area contributed by atoms with Gasteiger partial charge in [0.25, 0.3) is 5.56 Å². The fourth-order valence-corrected chi connectivity index (χ4v) is 1.78. The predicted octanol–water partition coefficient (Wildman–Crippen LogP) is 1.93. The molecule has 1 heterocycles.